The standard InChI is InChI=1S/C24H23N3O5S/c28-21(29)11-5-6-12-25-22(30)20-14-33-23(26-20)27-24(31)32-13-19-17-9-3-1-7-15(17)16-8-2-4-10-18(16)19/h1-4,7-10,14,19H,5-6,11-13H2,(H,25,30)(H,28,29)(H,26,27,31). The molecule has 3 N–H and O–H groups in total. The number of hydrogen-bond donors (Lipinski definition) is 3. The maximum atomic E-state index is 12.4. The Balaban J connectivity index is 1.28. The Labute approximate surface area is 194 Å². The monoisotopic (exact) mass is 465 g/mol. The van der Waals surface area contributed by atoms with Crippen molar-refractivity contribution in [3.05, 3.63) is 70.7 Å². The van der Waals surface area contributed by atoms with E-state index in [1.165, 1.54) is 0 Å². The Morgan fingerprint density at radius 1 is 1.00 bits per heavy atom. The van der Waals surface area contributed by atoms with Gasteiger partial charge in [0.25, 0.3) is 5.91 Å². The average molecular weight is 466 g/mol. The van der Waals surface area contributed by atoms with Gasteiger partial charge < -0.3 is 15.2 Å². The first-order valence-electron chi connectivity index (χ1n) is 10.6. The molecule has 1 heterocycles. The van der Waals surface area contributed by atoms with Crippen LogP contribution < -0.4 is 10.6 Å². The van der Waals surface area contributed by atoms with Crippen LogP contribution in [0.15, 0.2) is 53.9 Å². The van der Waals surface area contributed by atoms with E-state index in [0.29, 0.717) is 19.4 Å². The molecule has 9 heteroatoms. The number of unbranched alkanes of at least 4 members (excludes halogenated alkanes) is 1. The van der Waals surface area contributed by atoms with E-state index in [2.05, 4.69) is 39.9 Å². The van der Waals surface area contributed by atoms with Gasteiger partial charge in [-0.2, -0.15) is 0 Å². The number of carboxylic acid groups (broad SMARTS) is 1. The van der Waals surface area contributed by atoms with Gasteiger partial charge in [-0.1, -0.05) is 48.5 Å². The molecule has 8 nitrogen and oxygen atoms in total. The zero-order chi connectivity index (χ0) is 23.2. The number of nitrogens with zero attached hydrogens (tertiary/aromatic N) is 1. The lowest BCUT2D eigenvalue weighted by Crippen LogP contribution is -2.25. The van der Waals surface area contributed by atoms with Gasteiger partial charge in [0.2, 0.25) is 0 Å². The number of ether oxygens (including phenoxy) is 1. The van der Waals surface area contributed by atoms with Gasteiger partial charge in [-0.15, -0.1) is 11.3 Å². The van der Waals surface area contributed by atoms with Gasteiger partial charge in [-0.05, 0) is 35.1 Å². The molecule has 0 saturated carbocycles. The van der Waals surface area contributed by atoms with Gasteiger partial charge in [0, 0.05) is 24.3 Å². The maximum absolute atomic E-state index is 12.4. The molecule has 0 fully saturated rings. The third-order valence-corrected chi connectivity index (χ3v) is 6.15. The molecule has 0 aliphatic heterocycles. The van der Waals surface area contributed by atoms with Gasteiger partial charge in [0.15, 0.2) is 5.13 Å². The highest BCUT2D eigenvalue weighted by atomic mass is 32.1. The number of hydrogen-bond acceptors (Lipinski definition) is 6. The molecule has 1 aromatic heterocycles. The average Bonchev–Trinajstić information content (AvgIpc) is 3.40. The molecule has 170 valence electrons. The number of benzene rings is 2. The van der Waals surface area contributed by atoms with Crippen LogP contribution in [0, 0.1) is 0 Å². The van der Waals surface area contributed by atoms with Crippen LogP contribution in [0.1, 0.15) is 46.8 Å². The van der Waals surface area contributed by atoms with Crippen molar-refractivity contribution in [1.82, 2.24) is 10.3 Å². The Bertz CT molecular complexity index is 1130. The molecule has 2 aromatic carbocycles. The quantitative estimate of drug-likeness (QED) is 0.401. The van der Waals surface area contributed by atoms with Crippen molar-refractivity contribution in [3.8, 4) is 11.1 Å². The van der Waals surface area contributed by atoms with E-state index >= 15 is 0 Å². The number of amides is 2. The van der Waals surface area contributed by atoms with Crippen LogP contribution in [-0.4, -0.2) is 41.2 Å². The SMILES string of the molecule is O=C(O)CCCCNC(=O)c1csc(NC(=O)OCC2c3ccccc3-c3ccccc32)n1. The predicted octanol–water partition coefficient (Wildman–Crippen LogP) is 4.49. The zero-order valence-corrected chi connectivity index (χ0v) is 18.6. The molecule has 1 aliphatic carbocycles. The molecule has 0 bridgehead atoms. The van der Waals surface area contributed by atoms with Crippen molar-refractivity contribution in [2.24, 2.45) is 0 Å². The first-order chi connectivity index (χ1) is 16.0. The highest BCUT2D eigenvalue weighted by Gasteiger charge is 2.29. The number of aromatic nitrogens is 1. The van der Waals surface area contributed by atoms with Crippen molar-refractivity contribution in [3.63, 3.8) is 0 Å². The summed E-state index contributed by atoms with van der Waals surface area (Å²) in [7, 11) is 0. The summed E-state index contributed by atoms with van der Waals surface area (Å²) in [5, 5.41) is 15.7. The second-order valence-corrected chi connectivity index (χ2v) is 8.45. The molecule has 0 spiro atoms. The van der Waals surface area contributed by atoms with Gasteiger partial charge in [-0.3, -0.25) is 14.9 Å². The lowest BCUT2D eigenvalue weighted by atomic mass is 9.98. The van der Waals surface area contributed by atoms with Crippen LogP contribution in [-0.2, 0) is 9.53 Å². The third-order valence-electron chi connectivity index (χ3n) is 5.39. The van der Waals surface area contributed by atoms with Crippen LogP contribution in [0.3, 0.4) is 0 Å². The summed E-state index contributed by atoms with van der Waals surface area (Å²) in [6.45, 7) is 0.549. The van der Waals surface area contributed by atoms with Gasteiger partial charge in [0.05, 0.1) is 0 Å². The molecule has 3 aromatic rings. The van der Waals surface area contributed by atoms with Crippen LogP contribution in [0.25, 0.3) is 11.1 Å². The molecular formula is C24H23N3O5S. The van der Waals surface area contributed by atoms with E-state index in [1.54, 1.807) is 5.38 Å². The minimum absolute atomic E-state index is 0.0399. The number of fused-ring (bicyclic) bond motifs is 3. The summed E-state index contributed by atoms with van der Waals surface area (Å²) < 4.78 is 5.49. The fourth-order valence-corrected chi connectivity index (χ4v) is 4.53. The topological polar surface area (TPSA) is 118 Å². The van der Waals surface area contributed by atoms with Gasteiger partial charge in [-0.25, -0.2) is 9.78 Å². The van der Waals surface area contributed by atoms with Crippen molar-refractivity contribution < 1.29 is 24.2 Å². The summed E-state index contributed by atoms with van der Waals surface area (Å²) in [4.78, 5) is 39.1. The molecule has 1 aliphatic rings. The number of anilines is 1. The molecular weight excluding hydrogens is 442 g/mol. The lowest BCUT2D eigenvalue weighted by Gasteiger charge is -2.14. The number of thiazole rings is 1. The molecule has 0 atom stereocenters. The van der Waals surface area contributed by atoms with Crippen molar-refractivity contribution >= 4 is 34.4 Å². The van der Waals surface area contributed by atoms with Gasteiger partial charge >= 0.3 is 12.1 Å². The Hall–Kier alpha value is -3.72. The summed E-state index contributed by atoms with van der Waals surface area (Å²) in [6, 6.07) is 16.2. The summed E-state index contributed by atoms with van der Waals surface area (Å²) in [5.74, 6) is -1.27. The molecule has 2 amide bonds. The Kier molecular flexibility index (Phi) is 6.99. The normalized spacial score (nSPS) is 12.0. The van der Waals surface area contributed by atoms with E-state index in [9.17, 15) is 14.4 Å². The molecule has 33 heavy (non-hydrogen) atoms. The lowest BCUT2D eigenvalue weighted by molar-refractivity contribution is -0.137. The number of aliphatic carboxylic acids is 1. The van der Waals surface area contributed by atoms with E-state index in [0.717, 1.165) is 33.6 Å². The molecule has 4 rings (SSSR count). The van der Waals surface area contributed by atoms with Crippen molar-refractivity contribution in [2.75, 3.05) is 18.5 Å². The zero-order valence-electron chi connectivity index (χ0n) is 17.7. The second kappa shape index (κ2) is 10.3. The fraction of sp³-hybridized carbons (Fsp3) is 0.250. The predicted molar refractivity (Wildman–Crippen MR) is 125 cm³/mol. The van der Waals surface area contributed by atoms with Crippen LogP contribution in [0.4, 0.5) is 9.93 Å². The largest absolute Gasteiger partial charge is 0.481 e. The number of rotatable bonds is 9. The second-order valence-electron chi connectivity index (χ2n) is 7.60. The molecule has 0 radical (unpaired) electrons. The maximum Gasteiger partial charge on any atom is 0.413 e. The van der Waals surface area contributed by atoms with Gasteiger partial charge in [0.1, 0.15) is 12.3 Å². The third kappa shape index (κ3) is 5.38. The highest BCUT2D eigenvalue weighted by molar-refractivity contribution is 7.14. The molecule has 0 unspecified atom stereocenters. The van der Waals surface area contributed by atoms with E-state index in [4.69, 9.17) is 9.84 Å². The van der Waals surface area contributed by atoms with Crippen LogP contribution in [0.5, 0.6) is 0 Å². The van der Waals surface area contributed by atoms with E-state index in [-0.39, 0.29) is 35.7 Å². The van der Waals surface area contributed by atoms with E-state index < -0.39 is 12.1 Å². The minimum Gasteiger partial charge on any atom is -0.481 e. The summed E-state index contributed by atoms with van der Waals surface area (Å²) >= 11 is 1.13. The molecule has 0 saturated heterocycles. The summed E-state index contributed by atoms with van der Waals surface area (Å²) in [6.07, 6.45) is 0.488. The minimum atomic E-state index is -0.857. The Morgan fingerprint density at radius 2 is 1.67 bits per heavy atom. The summed E-state index contributed by atoms with van der Waals surface area (Å²) in [5.41, 5.74) is 4.75. The van der Waals surface area contributed by atoms with Crippen LogP contribution in [0.2, 0.25) is 0 Å². The fourth-order valence-electron chi connectivity index (χ4n) is 3.85. The Morgan fingerprint density at radius 3 is 2.33 bits per heavy atom. The number of nitrogens with one attached hydrogen (secondary N) is 2. The van der Waals surface area contributed by atoms with Crippen molar-refractivity contribution in [2.45, 2.75) is 25.2 Å². The smallest absolute Gasteiger partial charge is 0.413 e. The van der Waals surface area contributed by atoms with Crippen molar-refractivity contribution in [1.29, 1.82) is 0 Å². The van der Waals surface area contributed by atoms with Crippen LogP contribution >= 0.6 is 11.3 Å². The number of carboxylic acids is 1. The first-order valence-corrected chi connectivity index (χ1v) is 11.5. The highest BCUT2D eigenvalue weighted by Crippen LogP contribution is 2.44. The number of carbonyl (C=O) groups is 3. The first kappa shape index (κ1) is 22.5. The number of carbonyl (C=O) groups excluding carboxylic acids is 2. The van der Waals surface area contributed by atoms with E-state index in [1.807, 2.05) is 24.3 Å².